The molecule has 0 radical (unpaired) electrons. The smallest absolute Gasteiger partial charge is 0.234 e. The number of nitrogens with zero attached hydrogens (tertiary/aromatic N) is 3. The summed E-state index contributed by atoms with van der Waals surface area (Å²) < 4.78 is 7.43. The van der Waals surface area contributed by atoms with E-state index in [-0.39, 0.29) is 17.7 Å². The minimum Gasteiger partial charge on any atom is -0.461 e. The SMILES string of the molecule is CC(C)n1c(SCC(=O)Nc2ccc3ccccc3c2)nnc1-c1ccco1. The molecule has 0 saturated carbocycles. The lowest BCUT2D eigenvalue weighted by Gasteiger charge is -2.12. The van der Waals surface area contributed by atoms with Crippen molar-refractivity contribution < 1.29 is 9.21 Å². The zero-order chi connectivity index (χ0) is 19.5. The Labute approximate surface area is 167 Å². The first-order valence-electron chi connectivity index (χ1n) is 9.02. The van der Waals surface area contributed by atoms with Crippen molar-refractivity contribution in [3.8, 4) is 11.6 Å². The number of carbonyl (C=O) groups excluding carboxylic acids is 1. The standard InChI is InChI=1S/C21H20N4O2S/c1-14(2)25-20(18-8-5-11-27-18)23-24-21(25)28-13-19(26)22-17-10-9-15-6-3-4-7-16(15)12-17/h3-12,14H,13H2,1-2H3,(H,22,26). The Balaban J connectivity index is 1.46. The summed E-state index contributed by atoms with van der Waals surface area (Å²) in [5.74, 6) is 1.49. The molecule has 7 heteroatoms. The highest BCUT2D eigenvalue weighted by Gasteiger charge is 2.19. The molecule has 2 aromatic heterocycles. The van der Waals surface area contributed by atoms with Crippen LogP contribution in [0.3, 0.4) is 0 Å². The molecule has 4 aromatic rings. The third-order valence-electron chi connectivity index (χ3n) is 4.29. The van der Waals surface area contributed by atoms with Gasteiger partial charge < -0.3 is 9.73 Å². The average Bonchev–Trinajstić information content (AvgIpc) is 3.35. The van der Waals surface area contributed by atoms with Crippen LogP contribution in [0.25, 0.3) is 22.4 Å². The Bertz CT molecular complexity index is 1100. The molecule has 0 unspecified atom stereocenters. The number of thioether (sulfide) groups is 1. The van der Waals surface area contributed by atoms with Gasteiger partial charge in [0.1, 0.15) is 0 Å². The zero-order valence-corrected chi connectivity index (χ0v) is 16.4. The van der Waals surface area contributed by atoms with Gasteiger partial charge in [-0.1, -0.05) is 42.1 Å². The van der Waals surface area contributed by atoms with E-state index in [1.807, 2.05) is 59.2 Å². The van der Waals surface area contributed by atoms with Crippen LogP contribution in [0.5, 0.6) is 0 Å². The summed E-state index contributed by atoms with van der Waals surface area (Å²) in [6, 6.07) is 17.8. The van der Waals surface area contributed by atoms with E-state index in [0.717, 1.165) is 16.5 Å². The van der Waals surface area contributed by atoms with Crippen molar-refractivity contribution in [1.29, 1.82) is 0 Å². The van der Waals surface area contributed by atoms with Crippen LogP contribution in [0.2, 0.25) is 0 Å². The lowest BCUT2D eigenvalue weighted by Crippen LogP contribution is -2.15. The largest absolute Gasteiger partial charge is 0.461 e. The molecule has 1 amide bonds. The number of hydrogen-bond acceptors (Lipinski definition) is 5. The molecule has 0 aliphatic carbocycles. The highest BCUT2D eigenvalue weighted by atomic mass is 32.2. The second-order valence-electron chi connectivity index (χ2n) is 6.65. The molecular formula is C21H20N4O2S. The van der Waals surface area contributed by atoms with Crippen molar-refractivity contribution in [3.63, 3.8) is 0 Å². The molecule has 142 valence electrons. The molecule has 0 atom stereocenters. The molecule has 6 nitrogen and oxygen atoms in total. The van der Waals surface area contributed by atoms with Gasteiger partial charge >= 0.3 is 0 Å². The minimum absolute atomic E-state index is 0.0851. The lowest BCUT2D eigenvalue weighted by atomic mass is 10.1. The van der Waals surface area contributed by atoms with Crippen LogP contribution in [0.1, 0.15) is 19.9 Å². The topological polar surface area (TPSA) is 73.0 Å². The number of carbonyl (C=O) groups is 1. The summed E-state index contributed by atoms with van der Waals surface area (Å²) in [5, 5.41) is 14.4. The summed E-state index contributed by atoms with van der Waals surface area (Å²) in [4.78, 5) is 12.4. The van der Waals surface area contributed by atoms with Crippen molar-refractivity contribution in [1.82, 2.24) is 14.8 Å². The van der Waals surface area contributed by atoms with Crippen molar-refractivity contribution in [3.05, 3.63) is 60.9 Å². The number of anilines is 1. The molecule has 28 heavy (non-hydrogen) atoms. The van der Waals surface area contributed by atoms with Crippen LogP contribution in [-0.2, 0) is 4.79 Å². The normalized spacial score (nSPS) is 11.2. The predicted molar refractivity (Wildman–Crippen MR) is 111 cm³/mol. The fourth-order valence-electron chi connectivity index (χ4n) is 3.01. The number of nitrogens with one attached hydrogen (secondary N) is 1. The van der Waals surface area contributed by atoms with Crippen LogP contribution in [-0.4, -0.2) is 26.4 Å². The molecule has 2 aromatic carbocycles. The fourth-order valence-corrected chi connectivity index (χ4v) is 3.88. The molecule has 2 heterocycles. The molecule has 0 saturated heterocycles. The average molecular weight is 392 g/mol. The third kappa shape index (κ3) is 3.80. The Morgan fingerprint density at radius 2 is 1.93 bits per heavy atom. The van der Waals surface area contributed by atoms with E-state index in [0.29, 0.717) is 16.7 Å². The number of furan rings is 1. The molecule has 1 N–H and O–H groups in total. The molecule has 4 rings (SSSR count). The van der Waals surface area contributed by atoms with Gasteiger partial charge in [-0.2, -0.15) is 0 Å². The van der Waals surface area contributed by atoms with E-state index in [4.69, 9.17) is 4.42 Å². The monoisotopic (exact) mass is 392 g/mol. The van der Waals surface area contributed by atoms with E-state index >= 15 is 0 Å². The predicted octanol–water partition coefficient (Wildman–Crippen LogP) is 5.00. The Morgan fingerprint density at radius 1 is 1.11 bits per heavy atom. The van der Waals surface area contributed by atoms with Crippen LogP contribution < -0.4 is 5.32 Å². The highest BCUT2D eigenvalue weighted by Crippen LogP contribution is 2.28. The second-order valence-corrected chi connectivity index (χ2v) is 7.59. The van der Waals surface area contributed by atoms with Gasteiger partial charge in [-0.05, 0) is 48.9 Å². The summed E-state index contributed by atoms with van der Waals surface area (Å²) in [5.41, 5.74) is 0.783. The van der Waals surface area contributed by atoms with Gasteiger partial charge in [0.25, 0.3) is 0 Å². The van der Waals surface area contributed by atoms with Gasteiger partial charge in [-0.3, -0.25) is 9.36 Å². The number of hydrogen-bond donors (Lipinski definition) is 1. The maximum atomic E-state index is 12.4. The van der Waals surface area contributed by atoms with Crippen LogP contribution in [0.4, 0.5) is 5.69 Å². The van der Waals surface area contributed by atoms with Gasteiger partial charge in [0.2, 0.25) is 11.7 Å². The van der Waals surface area contributed by atoms with Crippen molar-refractivity contribution in [2.75, 3.05) is 11.1 Å². The number of benzene rings is 2. The Morgan fingerprint density at radius 3 is 2.68 bits per heavy atom. The molecule has 0 spiro atoms. The van der Waals surface area contributed by atoms with Crippen LogP contribution in [0, 0.1) is 0 Å². The number of amides is 1. The zero-order valence-electron chi connectivity index (χ0n) is 15.6. The van der Waals surface area contributed by atoms with E-state index in [1.165, 1.54) is 11.8 Å². The molecule has 0 bridgehead atoms. The van der Waals surface area contributed by atoms with Crippen molar-refractivity contribution in [2.45, 2.75) is 25.0 Å². The quantitative estimate of drug-likeness (QED) is 0.467. The lowest BCUT2D eigenvalue weighted by molar-refractivity contribution is -0.113. The number of fused-ring (bicyclic) bond motifs is 1. The second kappa shape index (κ2) is 7.90. The summed E-state index contributed by atoms with van der Waals surface area (Å²) >= 11 is 1.36. The highest BCUT2D eigenvalue weighted by molar-refractivity contribution is 7.99. The first-order chi connectivity index (χ1) is 13.6. The van der Waals surface area contributed by atoms with Crippen LogP contribution >= 0.6 is 11.8 Å². The van der Waals surface area contributed by atoms with Crippen LogP contribution in [0.15, 0.2) is 70.4 Å². The first-order valence-corrected chi connectivity index (χ1v) is 10.0. The number of rotatable bonds is 6. The molecule has 0 fully saturated rings. The molecule has 0 aliphatic heterocycles. The minimum atomic E-state index is -0.0851. The van der Waals surface area contributed by atoms with Gasteiger partial charge in [0, 0.05) is 11.7 Å². The maximum absolute atomic E-state index is 12.4. The van der Waals surface area contributed by atoms with E-state index in [2.05, 4.69) is 29.4 Å². The van der Waals surface area contributed by atoms with E-state index in [1.54, 1.807) is 6.26 Å². The van der Waals surface area contributed by atoms with Gasteiger partial charge in [0.05, 0.1) is 12.0 Å². The summed E-state index contributed by atoms with van der Waals surface area (Å²) in [6.45, 7) is 4.10. The third-order valence-corrected chi connectivity index (χ3v) is 5.23. The first kappa shape index (κ1) is 18.3. The van der Waals surface area contributed by atoms with Crippen molar-refractivity contribution >= 4 is 34.1 Å². The van der Waals surface area contributed by atoms with Gasteiger partial charge in [0.15, 0.2) is 10.9 Å². The Kier molecular flexibility index (Phi) is 5.16. The molecule has 0 aliphatic rings. The summed E-state index contributed by atoms with van der Waals surface area (Å²) in [6.07, 6.45) is 1.61. The number of aromatic nitrogens is 3. The van der Waals surface area contributed by atoms with Crippen molar-refractivity contribution in [2.24, 2.45) is 0 Å². The van der Waals surface area contributed by atoms with E-state index < -0.39 is 0 Å². The fraction of sp³-hybridized carbons (Fsp3) is 0.190. The molecular weight excluding hydrogens is 372 g/mol. The van der Waals surface area contributed by atoms with Gasteiger partial charge in [-0.15, -0.1) is 10.2 Å². The van der Waals surface area contributed by atoms with E-state index in [9.17, 15) is 4.79 Å². The Hall–Kier alpha value is -3.06. The van der Waals surface area contributed by atoms with Gasteiger partial charge in [-0.25, -0.2) is 0 Å². The maximum Gasteiger partial charge on any atom is 0.234 e. The summed E-state index contributed by atoms with van der Waals surface area (Å²) in [7, 11) is 0.